The summed E-state index contributed by atoms with van der Waals surface area (Å²) < 4.78 is 0. The van der Waals surface area contributed by atoms with Crippen LogP contribution in [-0.4, -0.2) is 0 Å². The van der Waals surface area contributed by atoms with Gasteiger partial charge in [-0.25, -0.2) is 0 Å². The van der Waals surface area contributed by atoms with E-state index in [2.05, 4.69) is 52.5 Å². The van der Waals surface area contributed by atoms with E-state index < -0.39 is 0 Å². The lowest BCUT2D eigenvalue weighted by Crippen LogP contribution is -2.51. The number of hydrogen-bond acceptors (Lipinski definition) is 0. The molecule has 0 nitrogen and oxygen atoms in total. The molecule has 5 atom stereocenters. The summed E-state index contributed by atoms with van der Waals surface area (Å²) in [5.41, 5.74) is 1.41. The van der Waals surface area contributed by atoms with Crippen LogP contribution in [0.4, 0.5) is 0 Å². The molecule has 0 heterocycles. The van der Waals surface area contributed by atoms with Crippen molar-refractivity contribution in [3.05, 3.63) is 24.8 Å². The maximum absolute atomic E-state index is 4.09. The Morgan fingerprint density at radius 1 is 1.05 bits per heavy atom. The van der Waals surface area contributed by atoms with Crippen LogP contribution in [0.2, 0.25) is 0 Å². The molecular formula is C20H32. The minimum atomic E-state index is 0.374. The standard InChI is InChI=1S/C20H32/c1-6-19(4)13-10-16-15(14-19)8-9-17-18(2,3)11-7-12-20(16,17)5/h6,8-9,15-17H,1,7,10-14H2,2-5H3/t15-,16-,17?,19+,20+/m0/s1. The Morgan fingerprint density at radius 3 is 2.50 bits per heavy atom. The van der Waals surface area contributed by atoms with Crippen LogP contribution in [0.25, 0.3) is 0 Å². The maximum Gasteiger partial charge on any atom is -0.0125 e. The number of allylic oxidation sites excluding steroid dienone is 3. The van der Waals surface area contributed by atoms with E-state index >= 15 is 0 Å². The van der Waals surface area contributed by atoms with Gasteiger partial charge in [0.2, 0.25) is 0 Å². The molecular weight excluding hydrogens is 240 g/mol. The zero-order valence-electron chi connectivity index (χ0n) is 13.9. The molecule has 2 fully saturated rings. The Morgan fingerprint density at radius 2 is 1.80 bits per heavy atom. The van der Waals surface area contributed by atoms with Crippen molar-refractivity contribution in [2.45, 2.75) is 66.2 Å². The highest BCUT2D eigenvalue weighted by Crippen LogP contribution is 2.63. The monoisotopic (exact) mass is 272 g/mol. The largest absolute Gasteiger partial charge is 0.103 e. The van der Waals surface area contributed by atoms with Gasteiger partial charge in [-0.05, 0) is 66.1 Å². The predicted octanol–water partition coefficient (Wildman–Crippen LogP) is 6.00. The molecule has 3 rings (SSSR count). The summed E-state index contributed by atoms with van der Waals surface area (Å²) in [5.74, 6) is 2.49. The molecule has 0 aromatic rings. The SMILES string of the molecule is C=C[C@]1(C)CC[C@H]2[C@@H](C=CC3C(C)(C)CCC[C@@]32C)C1. The lowest BCUT2D eigenvalue weighted by Gasteiger charge is -2.59. The highest BCUT2D eigenvalue weighted by molar-refractivity contribution is 5.17. The molecule has 0 amide bonds. The highest BCUT2D eigenvalue weighted by Gasteiger charge is 2.54. The van der Waals surface area contributed by atoms with Crippen LogP contribution >= 0.6 is 0 Å². The Bertz CT molecular complexity index is 429. The molecule has 0 spiro atoms. The van der Waals surface area contributed by atoms with Gasteiger partial charge >= 0.3 is 0 Å². The summed E-state index contributed by atoms with van der Waals surface area (Å²) in [6, 6.07) is 0. The molecule has 112 valence electrons. The van der Waals surface area contributed by atoms with E-state index in [4.69, 9.17) is 0 Å². The summed E-state index contributed by atoms with van der Waals surface area (Å²) >= 11 is 0. The van der Waals surface area contributed by atoms with E-state index in [0.717, 1.165) is 17.8 Å². The van der Waals surface area contributed by atoms with E-state index in [0.29, 0.717) is 16.2 Å². The smallest absolute Gasteiger partial charge is 0.0125 e. The molecule has 0 radical (unpaired) electrons. The lowest BCUT2D eigenvalue weighted by molar-refractivity contribution is -0.0611. The second kappa shape index (κ2) is 4.49. The van der Waals surface area contributed by atoms with E-state index in [1.54, 1.807) is 0 Å². The van der Waals surface area contributed by atoms with Crippen LogP contribution in [0.15, 0.2) is 24.8 Å². The molecule has 20 heavy (non-hydrogen) atoms. The van der Waals surface area contributed by atoms with Gasteiger partial charge in [-0.3, -0.25) is 0 Å². The number of fused-ring (bicyclic) bond motifs is 3. The average molecular weight is 272 g/mol. The summed E-state index contributed by atoms with van der Waals surface area (Å²) in [5, 5.41) is 0. The first kappa shape index (κ1) is 14.4. The van der Waals surface area contributed by atoms with Gasteiger partial charge in [-0.15, -0.1) is 6.58 Å². The third kappa shape index (κ3) is 2.02. The van der Waals surface area contributed by atoms with Crippen molar-refractivity contribution in [2.75, 3.05) is 0 Å². The summed E-state index contributed by atoms with van der Waals surface area (Å²) in [4.78, 5) is 0. The van der Waals surface area contributed by atoms with Crippen molar-refractivity contribution in [1.29, 1.82) is 0 Å². The first-order chi connectivity index (χ1) is 9.31. The molecule has 3 aliphatic rings. The van der Waals surface area contributed by atoms with Gasteiger partial charge in [0, 0.05) is 0 Å². The van der Waals surface area contributed by atoms with Gasteiger partial charge < -0.3 is 0 Å². The van der Waals surface area contributed by atoms with Gasteiger partial charge in [0.15, 0.2) is 0 Å². The normalized spacial score (nSPS) is 50.1. The molecule has 0 bridgehead atoms. The second-order valence-electron chi connectivity index (χ2n) is 9.08. The predicted molar refractivity (Wildman–Crippen MR) is 87.5 cm³/mol. The summed E-state index contributed by atoms with van der Waals surface area (Å²) in [6.07, 6.45) is 15.7. The fourth-order valence-electron chi connectivity index (χ4n) is 5.97. The van der Waals surface area contributed by atoms with Crippen LogP contribution in [0.3, 0.4) is 0 Å². The molecule has 0 saturated heterocycles. The van der Waals surface area contributed by atoms with Crippen molar-refractivity contribution >= 4 is 0 Å². The van der Waals surface area contributed by atoms with Crippen molar-refractivity contribution in [2.24, 2.45) is 34.0 Å². The van der Waals surface area contributed by atoms with Crippen LogP contribution in [0, 0.1) is 34.0 Å². The van der Waals surface area contributed by atoms with Crippen LogP contribution in [-0.2, 0) is 0 Å². The van der Waals surface area contributed by atoms with Gasteiger partial charge in [0.05, 0.1) is 0 Å². The lowest BCUT2D eigenvalue weighted by atomic mass is 9.45. The van der Waals surface area contributed by atoms with Crippen molar-refractivity contribution < 1.29 is 0 Å². The van der Waals surface area contributed by atoms with Gasteiger partial charge in [0.1, 0.15) is 0 Å². The number of rotatable bonds is 1. The highest BCUT2D eigenvalue weighted by atomic mass is 14.6. The van der Waals surface area contributed by atoms with Crippen LogP contribution < -0.4 is 0 Å². The molecule has 0 aromatic heterocycles. The Hall–Kier alpha value is -0.520. The Balaban J connectivity index is 1.94. The molecule has 3 aliphatic carbocycles. The third-order valence-electron chi connectivity index (χ3n) is 7.22. The minimum Gasteiger partial charge on any atom is -0.103 e. The molecule has 0 heteroatoms. The van der Waals surface area contributed by atoms with Gasteiger partial charge in [-0.2, -0.15) is 0 Å². The molecule has 2 saturated carbocycles. The molecule has 1 unspecified atom stereocenters. The van der Waals surface area contributed by atoms with Gasteiger partial charge in [-0.1, -0.05) is 52.3 Å². The van der Waals surface area contributed by atoms with E-state index in [1.165, 1.54) is 38.5 Å². The first-order valence-corrected chi connectivity index (χ1v) is 8.63. The summed E-state index contributed by atoms with van der Waals surface area (Å²) in [6.45, 7) is 14.1. The zero-order valence-corrected chi connectivity index (χ0v) is 13.9. The fraction of sp³-hybridized carbons (Fsp3) is 0.800. The minimum absolute atomic E-state index is 0.374. The molecule has 0 aromatic carbocycles. The van der Waals surface area contributed by atoms with Crippen molar-refractivity contribution in [3.8, 4) is 0 Å². The van der Waals surface area contributed by atoms with E-state index in [-0.39, 0.29) is 0 Å². The van der Waals surface area contributed by atoms with Crippen molar-refractivity contribution in [1.82, 2.24) is 0 Å². The maximum atomic E-state index is 4.09. The van der Waals surface area contributed by atoms with E-state index in [9.17, 15) is 0 Å². The van der Waals surface area contributed by atoms with E-state index in [1.807, 2.05) is 0 Å². The zero-order chi connectivity index (χ0) is 14.6. The van der Waals surface area contributed by atoms with Crippen LogP contribution in [0.1, 0.15) is 66.2 Å². The fourth-order valence-corrected chi connectivity index (χ4v) is 5.97. The quantitative estimate of drug-likeness (QED) is 0.514. The second-order valence-corrected chi connectivity index (χ2v) is 9.08. The average Bonchev–Trinajstić information content (AvgIpc) is 2.37. The first-order valence-electron chi connectivity index (χ1n) is 8.63. The Labute approximate surface area is 125 Å². The van der Waals surface area contributed by atoms with Crippen molar-refractivity contribution in [3.63, 3.8) is 0 Å². The number of hydrogen-bond donors (Lipinski definition) is 0. The topological polar surface area (TPSA) is 0 Å². The Kier molecular flexibility index (Phi) is 3.23. The van der Waals surface area contributed by atoms with Gasteiger partial charge in [0.25, 0.3) is 0 Å². The molecule has 0 N–H and O–H groups in total. The summed E-state index contributed by atoms with van der Waals surface area (Å²) in [7, 11) is 0. The van der Waals surface area contributed by atoms with Crippen LogP contribution in [0.5, 0.6) is 0 Å². The third-order valence-corrected chi connectivity index (χ3v) is 7.22. The molecule has 0 aliphatic heterocycles.